The van der Waals surface area contributed by atoms with Gasteiger partial charge < -0.3 is 24.3 Å². The molecule has 2 aromatic rings. The third-order valence-corrected chi connectivity index (χ3v) is 9.00. The van der Waals surface area contributed by atoms with Gasteiger partial charge in [0.2, 0.25) is 5.91 Å². The van der Waals surface area contributed by atoms with E-state index in [-0.39, 0.29) is 23.7 Å². The van der Waals surface area contributed by atoms with Crippen LogP contribution in [0.5, 0.6) is 11.5 Å². The van der Waals surface area contributed by atoms with Crippen LogP contribution in [0.1, 0.15) is 42.4 Å². The highest BCUT2D eigenvalue weighted by atomic mass is 16.5. The van der Waals surface area contributed by atoms with E-state index in [1.165, 1.54) is 0 Å². The van der Waals surface area contributed by atoms with Crippen LogP contribution in [0.15, 0.2) is 47.8 Å². The predicted octanol–water partition coefficient (Wildman–Crippen LogP) is 2.79. The topological polar surface area (TPSA) is 86.4 Å². The SMILES string of the molecule is C=CCN1CC[C@]23c4c5ccc(O)c4OC2C(N(C)C(=O)CCc2ccoc2)CC[C@@]3(O)[C@H]1C5. The summed E-state index contributed by atoms with van der Waals surface area (Å²) >= 11 is 0. The monoisotopic (exact) mass is 464 g/mol. The van der Waals surface area contributed by atoms with E-state index in [2.05, 4.69) is 11.5 Å². The van der Waals surface area contributed by atoms with E-state index < -0.39 is 17.1 Å². The number of phenolic OH excluding ortho intramolecular Hbond substituents is 1. The lowest BCUT2D eigenvalue weighted by atomic mass is 9.48. The highest BCUT2D eigenvalue weighted by molar-refractivity contribution is 5.77. The van der Waals surface area contributed by atoms with Crippen molar-refractivity contribution >= 4 is 5.91 Å². The second kappa shape index (κ2) is 7.62. The van der Waals surface area contributed by atoms with E-state index in [9.17, 15) is 15.0 Å². The van der Waals surface area contributed by atoms with Crippen molar-refractivity contribution in [1.29, 1.82) is 0 Å². The number of aliphatic hydroxyl groups is 1. The molecule has 0 radical (unpaired) electrons. The van der Waals surface area contributed by atoms with Gasteiger partial charge >= 0.3 is 0 Å². The van der Waals surface area contributed by atoms with Crippen molar-refractivity contribution in [3.63, 3.8) is 0 Å². The van der Waals surface area contributed by atoms with Crippen LogP contribution < -0.4 is 4.74 Å². The first-order chi connectivity index (χ1) is 16.4. The van der Waals surface area contributed by atoms with E-state index in [4.69, 9.17) is 9.15 Å². The molecular formula is C27H32N2O5. The fraction of sp³-hybridized carbons (Fsp3) is 0.519. The molecule has 2 aliphatic carbocycles. The van der Waals surface area contributed by atoms with Crippen molar-refractivity contribution in [2.75, 3.05) is 20.1 Å². The minimum Gasteiger partial charge on any atom is -0.504 e. The number of piperidine rings is 1. The van der Waals surface area contributed by atoms with E-state index >= 15 is 0 Å². The molecular weight excluding hydrogens is 432 g/mol. The summed E-state index contributed by atoms with van der Waals surface area (Å²) in [7, 11) is 1.85. The smallest absolute Gasteiger partial charge is 0.223 e. The highest BCUT2D eigenvalue weighted by Crippen LogP contribution is 2.65. The molecule has 6 rings (SSSR count). The molecule has 7 heteroatoms. The second-order valence-corrected chi connectivity index (χ2v) is 10.4. The third kappa shape index (κ3) is 2.74. The zero-order valence-corrected chi connectivity index (χ0v) is 19.6. The number of aryl methyl sites for hydroxylation is 1. The van der Waals surface area contributed by atoms with Gasteiger partial charge in [-0.1, -0.05) is 12.1 Å². The molecule has 3 heterocycles. The minimum absolute atomic E-state index is 0.0450. The van der Waals surface area contributed by atoms with Crippen molar-refractivity contribution in [3.8, 4) is 11.5 Å². The number of carbonyl (C=O) groups excluding carboxylic acids is 1. The van der Waals surface area contributed by atoms with Crippen LogP contribution in [0.2, 0.25) is 0 Å². The number of furan rings is 1. The number of hydrogen-bond donors (Lipinski definition) is 2. The van der Waals surface area contributed by atoms with Gasteiger partial charge in [0.1, 0.15) is 6.10 Å². The molecule has 180 valence electrons. The molecule has 34 heavy (non-hydrogen) atoms. The van der Waals surface area contributed by atoms with E-state index in [1.54, 1.807) is 18.6 Å². The van der Waals surface area contributed by atoms with Crippen LogP contribution in [-0.2, 0) is 23.1 Å². The molecule has 2 aliphatic heterocycles. The predicted molar refractivity (Wildman–Crippen MR) is 126 cm³/mol. The summed E-state index contributed by atoms with van der Waals surface area (Å²) in [6.07, 6.45) is 8.48. The van der Waals surface area contributed by atoms with E-state index in [0.29, 0.717) is 31.4 Å². The minimum atomic E-state index is -0.984. The number of likely N-dealkylation sites (tertiary alicyclic amines) is 1. The summed E-state index contributed by atoms with van der Waals surface area (Å²) < 4.78 is 11.7. The van der Waals surface area contributed by atoms with Crippen LogP contribution in [0.25, 0.3) is 0 Å². The van der Waals surface area contributed by atoms with Gasteiger partial charge in [-0.25, -0.2) is 0 Å². The maximum atomic E-state index is 13.2. The summed E-state index contributed by atoms with van der Waals surface area (Å²) in [4.78, 5) is 17.4. The average Bonchev–Trinajstić information content (AvgIpc) is 3.46. The zero-order valence-electron chi connectivity index (χ0n) is 19.6. The number of likely N-dealkylation sites (N-methyl/N-ethyl adjacent to an activating group) is 1. The van der Waals surface area contributed by atoms with Crippen molar-refractivity contribution in [2.24, 2.45) is 0 Å². The normalized spacial score (nSPS) is 33.2. The Kier molecular flexibility index (Phi) is 4.87. The first-order valence-corrected chi connectivity index (χ1v) is 12.3. The third-order valence-electron chi connectivity index (χ3n) is 9.00. The van der Waals surface area contributed by atoms with Crippen molar-refractivity contribution < 1.29 is 24.2 Å². The van der Waals surface area contributed by atoms with Crippen LogP contribution in [0.4, 0.5) is 0 Å². The lowest BCUT2D eigenvalue weighted by molar-refractivity contribution is -0.198. The number of aromatic hydroxyl groups is 1. The molecule has 7 nitrogen and oxygen atoms in total. The number of benzene rings is 1. The summed E-state index contributed by atoms with van der Waals surface area (Å²) in [5, 5.41) is 23.1. The van der Waals surface area contributed by atoms with Crippen molar-refractivity contribution in [2.45, 2.75) is 67.7 Å². The lowest BCUT2D eigenvalue weighted by Crippen LogP contribution is -2.78. The highest BCUT2D eigenvalue weighted by Gasteiger charge is 2.73. The molecule has 5 atom stereocenters. The molecule has 1 aromatic heterocycles. The number of nitrogens with zero attached hydrogens (tertiary/aromatic N) is 2. The molecule has 1 amide bonds. The second-order valence-electron chi connectivity index (χ2n) is 10.4. The van der Waals surface area contributed by atoms with Gasteiger partial charge in [0.25, 0.3) is 0 Å². The fourth-order valence-corrected chi connectivity index (χ4v) is 7.43. The average molecular weight is 465 g/mol. The first-order valence-electron chi connectivity index (χ1n) is 12.3. The lowest BCUT2D eigenvalue weighted by Gasteiger charge is -2.64. The van der Waals surface area contributed by atoms with Gasteiger partial charge in [0.15, 0.2) is 11.5 Å². The molecule has 1 saturated heterocycles. The molecule has 1 saturated carbocycles. The molecule has 2 fully saturated rings. The number of amides is 1. The quantitative estimate of drug-likeness (QED) is 0.640. The Hall–Kier alpha value is -2.77. The summed E-state index contributed by atoms with van der Waals surface area (Å²) in [6, 6.07) is 5.34. The maximum Gasteiger partial charge on any atom is 0.223 e. The van der Waals surface area contributed by atoms with Crippen LogP contribution in [0.3, 0.4) is 0 Å². The van der Waals surface area contributed by atoms with Gasteiger partial charge in [0, 0.05) is 31.6 Å². The largest absolute Gasteiger partial charge is 0.504 e. The Balaban J connectivity index is 1.38. The van der Waals surface area contributed by atoms with E-state index in [1.807, 2.05) is 30.2 Å². The number of hydrogen-bond acceptors (Lipinski definition) is 6. The van der Waals surface area contributed by atoms with Gasteiger partial charge in [-0.2, -0.15) is 0 Å². The van der Waals surface area contributed by atoms with Gasteiger partial charge in [-0.15, -0.1) is 6.58 Å². The molecule has 2 unspecified atom stereocenters. The standard InChI is InChI=1S/C27H32N2O5/c1-3-12-29-13-11-26-23-18-5-6-20(30)24(23)34-25(26)19(8-10-27(26,32)21(29)15-18)28(2)22(31)7-4-17-9-14-33-16-17/h3,5-6,9,14,16,19,21,25,30,32H,1,4,7-8,10-13,15H2,2H3/t19?,21-,25?,26+,27-/m1/s1. The van der Waals surface area contributed by atoms with Crippen LogP contribution in [0, 0.1) is 0 Å². The molecule has 1 aromatic carbocycles. The van der Waals surface area contributed by atoms with Gasteiger partial charge in [-0.05, 0) is 61.9 Å². The van der Waals surface area contributed by atoms with Crippen LogP contribution >= 0.6 is 0 Å². The number of carbonyl (C=O) groups is 1. The number of ether oxygens (including phenoxy) is 1. The Bertz CT molecular complexity index is 1130. The van der Waals surface area contributed by atoms with Crippen LogP contribution in [-0.4, -0.2) is 69.8 Å². The Morgan fingerprint density at radius 2 is 2.21 bits per heavy atom. The zero-order chi connectivity index (χ0) is 23.7. The first kappa shape index (κ1) is 21.7. The molecule has 1 spiro atoms. The van der Waals surface area contributed by atoms with Gasteiger partial charge in [0.05, 0.1) is 29.6 Å². The Morgan fingerprint density at radius 3 is 2.97 bits per heavy atom. The van der Waals surface area contributed by atoms with Crippen molar-refractivity contribution in [3.05, 3.63) is 60.1 Å². The summed E-state index contributed by atoms with van der Waals surface area (Å²) in [5.41, 5.74) is 1.48. The fourth-order valence-electron chi connectivity index (χ4n) is 7.43. The Labute approximate surface area is 199 Å². The maximum absolute atomic E-state index is 13.2. The number of rotatable bonds is 6. The summed E-state index contributed by atoms with van der Waals surface area (Å²) in [5.74, 6) is 0.667. The summed E-state index contributed by atoms with van der Waals surface area (Å²) in [6.45, 7) is 5.47. The Morgan fingerprint density at radius 1 is 1.35 bits per heavy atom. The molecule has 2 N–H and O–H groups in total. The molecule has 4 aliphatic rings. The van der Waals surface area contributed by atoms with E-state index in [0.717, 1.165) is 42.6 Å². The van der Waals surface area contributed by atoms with Crippen molar-refractivity contribution in [1.82, 2.24) is 9.80 Å². The number of phenols is 1. The molecule has 2 bridgehead atoms. The van der Waals surface area contributed by atoms with Gasteiger partial charge in [-0.3, -0.25) is 9.69 Å².